The van der Waals surface area contributed by atoms with Crippen LogP contribution in [0.2, 0.25) is 0 Å². The highest BCUT2D eigenvalue weighted by Gasteiger charge is 2.20. The summed E-state index contributed by atoms with van der Waals surface area (Å²) in [7, 11) is 0. The molecule has 5 heteroatoms. The van der Waals surface area contributed by atoms with Crippen molar-refractivity contribution in [2.45, 2.75) is 20.0 Å². The number of nitrogens with zero attached hydrogens (tertiary/aromatic N) is 1. The second-order valence-corrected chi connectivity index (χ2v) is 5.03. The van der Waals surface area contributed by atoms with E-state index >= 15 is 0 Å². The summed E-state index contributed by atoms with van der Waals surface area (Å²) in [5.74, 6) is -0.945. The molecule has 0 fully saturated rings. The van der Waals surface area contributed by atoms with Crippen molar-refractivity contribution in [1.82, 2.24) is 0 Å². The normalized spacial score (nSPS) is 10.0. The number of benzene rings is 2. The molecule has 0 bridgehead atoms. The van der Waals surface area contributed by atoms with Crippen molar-refractivity contribution in [2.24, 2.45) is 0 Å². The number of carbonyl (C=O) groups is 2. The van der Waals surface area contributed by atoms with Crippen molar-refractivity contribution in [3.63, 3.8) is 0 Å². The lowest BCUT2D eigenvalue weighted by molar-refractivity contribution is 0.0372. The molecule has 2 aromatic carbocycles. The van der Waals surface area contributed by atoms with Crippen LogP contribution in [0, 0.1) is 11.3 Å². The molecular weight excluding hydrogens is 294 g/mol. The molecule has 116 valence electrons. The van der Waals surface area contributed by atoms with Crippen LogP contribution in [0.1, 0.15) is 40.1 Å². The molecule has 0 amide bonds. The number of carbonyl (C=O) groups excluding carboxylic acids is 2. The van der Waals surface area contributed by atoms with Gasteiger partial charge in [-0.1, -0.05) is 12.1 Å². The Labute approximate surface area is 134 Å². The predicted molar refractivity (Wildman–Crippen MR) is 83.1 cm³/mol. The molecule has 0 aliphatic rings. The summed E-state index contributed by atoms with van der Waals surface area (Å²) in [6.45, 7) is 3.46. The van der Waals surface area contributed by atoms with Gasteiger partial charge in [-0.25, -0.2) is 9.59 Å². The first kappa shape index (κ1) is 16.2. The van der Waals surface area contributed by atoms with Gasteiger partial charge in [-0.3, -0.25) is 0 Å². The van der Waals surface area contributed by atoms with Gasteiger partial charge in [-0.15, -0.1) is 0 Å². The molecule has 0 radical (unpaired) electrons. The Kier molecular flexibility index (Phi) is 5.11. The van der Waals surface area contributed by atoms with E-state index in [0.717, 1.165) is 0 Å². The van der Waals surface area contributed by atoms with E-state index in [4.69, 9.17) is 14.7 Å². The summed E-state index contributed by atoms with van der Waals surface area (Å²) in [6.07, 6.45) is -0.287. The molecule has 0 N–H and O–H groups in total. The van der Waals surface area contributed by atoms with E-state index in [1.165, 1.54) is 24.3 Å². The lowest BCUT2D eigenvalue weighted by atomic mass is 10.1. The van der Waals surface area contributed by atoms with Crippen molar-refractivity contribution in [2.75, 3.05) is 0 Å². The van der Waals surface area contributed by atoms with Gasteiger partial charge < -0.3 is 9.47 Å². The maximum absolute atomic E-state index is 12.3. The summed E-state index contributed by atoms with van der Waals surface area (Å²) in [5.41, 5.74) is 0.744. The Bertz CT molecular complexity index is 757. The van der Waals surface area contributed by atoms with E-state index in [9.17, 15) is 9.59 Å². The summed E-state index contributed by atoms with van der Waals surface area (Å²) in [4.78, 5) is 24.3. The van der Waals surface area contributed by atoms with Gasteiger partial charge in [0.05, 0.1) is 28.9 Å². The Hall–Kier alpha value is -3.13. The van der Waals surface area contributed by atoms with Crippen molar-refractivity contribution in [3.05, 3.63) is 65.2 Å². The van der Waals surface area contributed by atoms with Gasteiger partial charge >= 0.3 is 11.9 Å². The van der Waals surface area contributed by atoms with Gasteiger partial charge in [0, 0.05) is 0 Å². The fourth-order valence-corrected chi connectivity index (χ4v) is 1.88. The average Bonchev–Trinajstić information content (AvgIpc) is 2.55. The highest BCUT2D eigenvalue weighted by Crippen LogP contribution is 2.17. The third-order valence-corrected chi connectivity index (χ3v) is 2.90. The van der Waals surface area contributed by atoms with E-state index in [1.807, 2.05) is 6.07 Å². The standard InChI is InChI=1S/C18H15NO4/c1-12(2)22-17(20)15-5-3-4-6-16(15)18(21)23-14-9-7-13(11-19)8-10-14/h3-10,12H,1-2H3. The molecule has 0 spiro atoms. The van der Waals surface area contributed by atoms with Gasteiger partial charge in [0.15, 0.2) is 0 Å². The zero-order chi connectivity index (χ0) is 16.8. The number of rotatable bonds is 4. The van der Waals surface area contributed by atoms with Gasteiger partial charge in [-0.2, -0.15) is 5.26 Å². The lowest BCUT2D eigenvalue weighted by Gasteiger charge is -2.11. The van der Waals surface area contributed by atoms with Crippen LogP contribution < -0.4 is 4.74 Å². The summed E-state index contributed by atoms with van der Waals surface area (Å²) < 4.78 is 10.4. The summed E-state index contributed by atoms with van der Waals surface area (Å²) >= 11 is 0. The molecule has 2 aromatic rings. The first-order valence-electron chi connectivity index (χ1n) is 7.03. The minimum absolute atomic E-state index is 0.127. The Morgan fingerprint density at radius 2 is 1.52 bits per heavy atom. The van der Waals surface area contributed by atoms with E-state index in [-0.39, 0.29) is 17.2 Å². The minimum atomic E-state index is -0.661. The van der Waals surface area contributed by atoms with Crippen molar-refractivity contribution in [3.8, 4) is 11.8 Å². The number of hydrogen-bond donors (Lipinski definition) is 0. The molecule has 5 nitrogen and oxygen atoms in total. The van der Waals surface area contributed by atoms with Crippen molar-refractivity contribution < 1.29 is 19.1 Å². The van der Waals surface area contributed by atoms with Gasteiger partial charge in [-0.05, 0) is 50.2 Å². The number of esters is 2. The Morgan fingerprint density at radius 3 is 2.04 bits per heavy atom. The van der Waals surface area contributed by atoms with E-state index < -0.39 is 11.9 Å². The third-order valence-electron chi connectivity index (χ3n) is 2.90. The summed E-state index contributed by atoms with van der Waals surface area (Å²) in [5, 5.41) is 8.75. The molecular formula is C18H15NO4. The predicted octanol–water partition coefficient (Wildman–Crippen LogP) is 3.34. The topological polar surface area (TPSA) is 76.4 Å². The highest BCUT2D eigenvalue weighted by molar-refractivity contribution is 6.03. The van der Waals surface area contributed by atoms with Crippen LogP contribution in [0.15, 0.2) is 48.5 Å². The minimum Gasteiger partial charge on any atom is -0.459 e. The van der Waals surface area contributed by atoms with Crippen molar-refractivity contribution in [1.29, 1.82) is 5.26 Å². The molecule has 0 heterocycles. The maximum Gasteiger partial charge on any atom is 0.344 e. The van der Waals surface area contributed by atoms with Crippen LogP contribution in [-0.4, -0.2) is 18.0 Å². The Balaban J connectivity index is 2.22. The molecule has 0 aliphatic carbocycles. The van der Waals surface area contributed by atoms with Crippen LogP contribution in [-0.2, 0) is 4.74 Å². The largest absolute Gasteiger partial charge is 0.459 e. The Morgan fingerprint density at radius 1 is 0.957 bits per heavy atom. The molecule has 0 atom stereocenters. The second kappa shape index (κ2) is 7.23. The number of ether oxygens (including phenoxy) is 2. The smallest absolute Gasteiger partial charge is 0.344 e. The van der Waals surface area contributed by atoms with Crippen LogP contribution in [0.4, 0.5) is 0 Å². The van der Waals surface area contributed by atoms with Crippen LogP contribution >= 0.6 is 0 Å². The van der Waals surface area contributed by atoms with Crippen LogP contribution in [0.3, 0.4) is 0 Å². The maximum atomic E-state index is 12.3. The first-order chi connectivity index (χ1) is 11.0. The monoisotopic (exact) mass is 309 g/mol. The SMILES string of the molecule is CC(C)OC(=O)c1ccccc1C(=O)Oc1ccc(C#N)cc1. The fraction of sp³-hybridized carbons (Fsp3) is 0.167. The van der Waals surface area contributed by atoms with Crippen molar-refractivity contribution >= 4 is 11.9 Å². The van der Waals surface area contributed by atoms with Gasteiger partial charge in [0.1, 0.15) is 5.75 Å². The van der Waals surface area contributed by atoms with E-state index in [1.54, 1.807) is 38.1 Å². The fourth-order valence-electron chi connectivity index (χ4n) is 1.88. The van der Waals surface area contributed by atoms with Gasteiger partial charge in [0.2, 0.25) is 0 Å². The van der Waals surface area contributed by atoms with Crippen LogP contribution in [0.5, 0.6) is 5.75 Å². The average molecular weight is 309 g/mol. The quantitative estimate of drug-likeness (QED) is 0.639. The van der Waals surface area contributed by atoms with E-state index in [2.05, 4.69) is 0 Å². The van der Waals surface area contributed by atoms with Gasteiger partial charge in [0.25, 0.3) is 0 Å². The van der Waals surface area contributed by atoms with E-state index in [0.29, 0.717) is 11.3 Å². The molecule has 2 rings (SSSR count). The first-order valence-corrected chi connectivity index (χ1v) is 7.03. The summed E-state index contributed by atoms with van der Waals surface area (Å²) in [6, 6.07) is 14.4. The molecule has 23 heavy (non-hydrogen) atoms. The zero-order valence-electron chi connectivity index (χ0n) is 12.8. The van der Waals surface area contributed by atoms with Crippen LogP contribution in [0.25, 0.3) is 0 Å². The second-order valence-electron chi connectivity index (χ2n) is 5.03. The molecule has 0 saturated carbocycles. The highest BCUT2D eigenvalue weighted by atomic mass is 16.5. The third kappa shape index (κ3) is 4.17. The molecule has 0 aliphatic heterocycles. The number of nitriles is 1. The lowest BCUT2D eigenvalue weighted by Crippen LogP contribution is -2.18. The molecule has 0 aromatic heterocycles. The zero-order valence-corrected chi connectivity index (χ0v) is 12.8. The molecule has 0 unspecified atom stereocenters. The molecule has 0 saturated heterocycles. The number of hydrogen-bond acceptors (Lipinski definition) is 5.